The van der Waals surface area contributed by atoms with E-state index in [1.165, 1.54) is 19.4 Å². The Hall–Kier alpha value is -2.42. The van der Waals surface area contributed by atoms with E-state index in [9.17, 15) is 14.9 Å². The number of carbonyl (C=O) groups is 1. The molecule has 0 aromatic carbocycles. The van der Waals surface area contributed by atoms with Gasteiger partial charge in [0, 0.05) is 17.8 Å². The minimum absolute atomic E-state index is 0.0574. The minimum atomic E-state index is -0.520. The van der Waals surface area contributed by atoms with Crippen LogP contribution in [0.1, 0.15) is 17.7 Å². The number of nitro groups is 1. The maximum Gasteiger partial charge on any atom is 0.317 e. The van der Waals surface area contributed by atoms with E-state index in [4.69, 9.17) is 0 Å². The number of aromatic nitrogens is 1. The van der Waals surface area contributed by atoms with Crippen molar-refractivity contribution in [3.8, 4) is 11.8 Å². The molecule has 17 heavy (non-hydrogen) atoms. The van der Waals surface area contributed by atoms with Gasteiger partial charge in [-0.3, -0.25) is 19.9 Å². The van der Waals surface area contributed by atoms with E-state index < -0.39 is 10.9 Å². The molecular weight excluding hydrogens is 224 g/mol. The zero-order valence-corrected chi connectivity index (χ0v) is 9.39. The number of methoxy groups -OCH3 is 1. The molecule has 1 rings (SSSR count). The van der Waals surface area contributed by atoms with E-state index in [0.717, 1.165) is 0 Å². The molecule has 1 aromatic heterocycles. The highest BCUT2D eigenvalue weighted by Gasteiger charge is 2.11. The average Bonchev–Trinajstić information content (AvgIpc) is 2.30. The lowest BCUT2D eigenvalue weighted by Crippen LogP contribution is -1.97. The zero-order valence-electron chi connectivity index (χ0n) is 9.39. The second-order valence-corrected chi connectivity index (χ2v) is 3.14. The number of carbonyl (C=O) groups excluding carboxylic acids is 1. The topological polar surface area (TPSA) is 82.3 Å². The summed E-state index contributed by atoms with van der Waals surface area (Å²) < 4.78 is 4.40. The van der Waals surface area contributed by atoms with Gasteiger partial charge in [-0.25, -0.2) is 0 Å². The summed E-state index contributed by atoms with van der Waals surface area (Å²) in [5.74, 6) is 4.71. The number of aryl methyl sites for hydroxylation is 1. The van der Waals surface area contributed by atoms with Gasteiger partial charge >= 0.3 is 5.97 Å². The largest absolute Gasteiger partial charge is 0.468 e. The number of pyridine rings is 1. The van der Waals surface area contributed by atoms with Crippen LogP contribution in [0.3, 0.4) is 0 Å². The van der Waals surface area contributed by atoms with Crippen molar-refractivity contribution in [2.45, 2.75) is 13.3 Å². The van der Waals surface area contributed by atoms with Crippen molar-refractivity contribution in [1.82, 2.24) is 4.98 Å². The first-order valence-corrected chi connectivity index (χ1v) is 4.71. The first-order chi connectivity index (χ1) is 8.04. The normalized spacial score (nSPS) is 9.06. The highest BCUT2D eigenvalue weighted by Crippen LogP contribution is 2.15. The average molecular weight is 234 g/mol. The Morgan fingerprint density at radius 1 is 1.65 bits per heavy atom. The molecule has 6 heteroatoms. The summed E-state index contributed by atoms with van der Waals surface area (Å²) in [6, 6.07) is 1.33. The molecule has 0 atom stereocenters. The summed E-state index contributed by atoms with van der Waals surface area (Å²) in [6.07, 6.45) is 1.37. The Morgan fingerprint density at radius 2 is 2.35 bits per heavy atom. The van der Waals surface area contributed by atoms with Gasteiger partial charge in [0.2, 0.25) is 0 Å². The smallest absolute Gasteiger partial charge is 0.317 e. The van der Waals surface area contributed by atoms with E-state index >= 15 is 0 Å². The SMILES string of the molecule is COC(=O)CC#Cc1cnc(C)c([N+](=O)[O-])c1. The molecule has 0 saturated carbocycles. The summed E-state index contributed by atoms with van der Waals surface area (Å²) in [5, 5.41) is 10.6. The van der Waals surface area contributed by atoms with E-state index in [1.54, 1.807) is 6.92 Å². The maximum absolute atomic E-state index is 10.8. The molecule has 0 amide bonds. The maximum atomic E-state index is 10.8. The van der Waals surface area contributed by atoms with Crippen LogP contribution in [0.15, 0.2) is 12.3 Å². The first kappa shape index (κ1) is 12.6. The summed E-state index contributed by atoms with van der Waals surface area (Å²) in [5.41, 5.74) is 0.634. The third-order valence-electron chi connectivity index (χ3n) is 1.95. The quantitative estimate of drug-likeness (QED) is 0.332. The van der Waals surface area contributed by atoms with Crippen LogP contribution in [0, 0.1) is 28.9 Å². The molecule has 1 heterocycles. The highest BCUT2D eigenvalue weighted by molar-refractivity contribution is 5.72. The summed E-state index contributed by atoms with van der Waals surface area (Å²) in [7, 11) is 1.27. The molecule has 0 aliphatic rings. The third kappa shape index (κ3) is 3.57. The summed E-state index contributed by atoms with van der Waals surface area (Å²) in [4.78, 5) is 24.8. The van der Waals surface area contributed by atoms with Crippen LogP contribution >= 0.6 is 0 Å². The Labute approximate surface area is 97.8 Å². The first-order valence-electron chi connectivity index (χ1n) is 4.71. The van der Waals surface area contributed by atoms with Gasteiger partial charge in [-0.1, -0.05) is 11.8 Å². The fourth-order valence-electron chi connectivity index (χ4n) is 1.07. The Morgan fingerprint density at radius 3 is 2.94 bits per heavy atom. The van der Waals surface area contributed by atoms with Crippen LogP contribution in [0.2, 0.25) is 0 Å². The molecular formula is C11H10N2O4. The standard InChI is InChI=1S/C11H10N2O4/c1-8-10(13(15)16)6-9(7-12-8)4-3-5-11(14)17-2/h6-7H,5H2,1-2H3. The van der Waals surface area contributed by atoms with E-state index in [2.05, 4.69) is 21.6 Å². The fraction of sp³-hybridized carbons (Fsp3) is 0.273. The Balaban J connectivity index is 2.89. The molecule has 0 spiro atoms. The number of ether oxygens (including phenoxy) is 1. The van der Waals surface area contributed by atoms with Gasteiger partial charge in [-0.05, 0) is 6.92 Å². The molecule has 0 aliphatic carbocycles. The predicted molar refractivity (Wildman–Crippen MR) is 59.1 cm³/mol. The molecule has 0 aliphatic heterocycles. The molecule has 0 saturated heterocycles. The van der Waals surface area contributed by atoms with Crippen molar-refractivity contribution in [3.05, 3.63) is 33.6 Å². The van der Waals surface area contributed by atoms with Crippen LogP contribution in [-0.4, -0.2) is 23.0 Å². The molecule has 6 nitrogen and oxygen atoms in total. The second-order valence-electron chi connectivity index (χ2n) is 3.14. The highest BCUT2D eigenvalue weighted by atomic mass is 16.6. The summed E-state index contributed by atoms with van der Waals surface area (Å²) >= 11 is 0. The lowest BCUT2D eigenvalue weighted by atomic mass is 10.2. The van der Waals surface area contributed by atoms with Gasteiger partial charge in [0.25, 0.3) is 5.69 Å². The van der Waals surface area contributed by atoms with Crippen LogP contribution in [0.25, 0.3) is 0 Å². The van der Waals surface area contributed by atoms with E-state index in [0.29, 0.717) is 11.3 Å². The molecule has 0 radical (unpaired) electrons. The van der Waals surface area contributed by atoms with Crippen molar-refractivity contribution < 1.29 is 14.5 Å². The zero-order chi connectivity index (χ0) is 12.8. The Kier molecular flexibility index (Phi) is 4.17. The van der Waals surface area contributed by atoms with Crippen LogP contribution in [0.5, 0.6) is 0 Å². The van der Waals surface area contributed by atoms with Crippen molar-refractivity contribution in [2.75, 3.05) is 7.11 Å². The van der Waals surface area contributed by atoms with Gasteiger partial charge in [0.05, 0.1) is 12.0 Å². The lowest BCUT2D eigenvalue weighted by Gasteiger charge is -1.96. The van der Waals surface area contributed by atoms with Crippen LogP contribution in [0.4, 0.5) is 5.69 Å². The summed E-state index contributed by atoms with van der Waals surface area (Å²) in [6.45, 7) is 1.55. The predicted octanol–water partition coefficient (Wildman–Crippen LogP) is 1.21. The Bertz CT molecular complexity index is 514. The molecule has 88 valence electrons. The second kappa shape index (κ2) is 5.61. The molecule has 0 N–H and O–H groups in total. The number of hydrogen-bond donors (Lipinski definition) is 0. The lowest BCUT2D eigenvalue weighted by molar-refractivity contribution is -0.385. The third-order valence-corrected chi connectivity index (χ3v) is 1.95. The fourth-order valence-corrected chi connectivity index (χ4v) is 1.07. The van der Waals surface area contributed by atoms with E-state index in [1.807, 2.05) is 0 Å². The van der Waals surface area contributed by atoms with Crippen molar-refractivity contribution in [2.24, 2.45) is 0 Å². The van der Waals surface area contributed by atoms with Crippen molar-refractivity contribution >= 4 is 11.7 Å². The van der Waals surface area contributed by atoms with Gasteiger partial charge < -0.3 is 4.74 Å². The number of nitrogens with zero attached hydrogens (tertiary/aromatic N) is 2. The van der Waals surface area contributed by atoms with Crippen molar-refractivity contribution in [1.29, 1.82) is 0 Å². The van der Waals surface area contributed by atoms with Crippen LogP contribution < -0.4 is 0 Å². The van der Waals surface area contributed by atoms with Gasteiger partial charge in [-0.15, -0.1) is 0 Å². The number of rotatable bonds is 2. The molecule has 0 unspecified atom stereocenters. The van der Waals surface area contributed by atoms with Crippen molar-refractivity contribution in [3.63, 3.8) is 0 Å². The number of esters is 1. The van der Waals surface area contributed by atoms with Gasteiger partial charge in [-0.2, -0.15) is 0 Å². The monoisotopic (exact) mass is 234 g/mol. The molecule has 0 bridgehead atoms. The van der Waals surface area contributed by atoms with Gasteiger partial charge in [0.15, 0.2) is 0 Å². The number of hydrogen-bond acceptors (Lipinski definition) is 5. The van der Waals surface area contributed by atoms with Gasteiger partial charge in [0.1, 0.15) is 12.1 Å². The molecule has 1 aromatic rings. The minimum Gasteiger partial charge on any atom is -0.468 e. The van der Waals surface area contributed by atoms with E-state index in [-0.39, 0.29) is 12.1 Å². The molecule has 0 fully saturated rings. The van der Waals surface area contributed by atoms with Crippen LogP contribution in [-0.2, 0) is 9.53 Å².